The van der Waals surface area contributed by atoms with E-state index in [0.717, 1.165) is 21.8 Å². The number of hydrogen-bond acceptors (Lipinski definition) is 2. The number of fused-ring (bicyclic) bond motifs is 1. The summed E-state index contributed by atoms with van der Waals surface area (Å²) in [6.07, 6.45) is 0. The molecule has 0 N–H and O–H groups in total. The van der Waals surface area contributed by atoms with Crippen molar-refractivity contribution in [1.29, 1.82) is 0 Å². The van der Waals surface area contributed by atoms with Crippen molar-refractivity contribution in [2.45, 2.75) is 4.90 Å². The maximum atomic E-state index is 5.98. The highest BCUT2D eigenvalue weighted by molar-refractivity contribution is 9.10. The Morgan fingerprint density at radius 3 is 3.08 bits per heavy atom. The lowest BCUT2D eigenvalue weighted by Crippen LogP contribution is -2.24. The largest absolute Gasteiger partial charge is 0.373 e. The van der Waals surface area contributed by atoms with Gasteiger partial charge in [0.1, 0.15) is 0 Å². The van der Waals surface area contributed by atoms with Crippen LogP contribution in [0.3, 0.4) is 0 Å². The minimum Gasteiger partial charge on any atom is -0.373 e. The highest BCUT2D eigenvalue weighted by Crippen LogP contribution is 2.41. The van der Waals surface area contributed by atoms with Gasteiger partial charge in [0, 0.05) is 33.7 Å². The second kappa shape index (κ2) is 3.71. The quantitative estimate of drug-likeness (QED) is 0.713. The number of rotatable bonds is 0. The van der Waals surface area contributed by atoms with Gasteiger partial charge in [-0.2, -0.15) is 0 Å². The average Bonchev–Trinajstić information content (AvgIpc) is 2.07. The fraction of sp³-hybridized carbons (Fsp3) is 0.333. The fourth-order valence-corrected chi connectivity index (χ4v) is 3.64. The van der Waals surface area contributed by atoms with E-state index < -0.39 is 0 Å². The van der Waals surface area contributed by atoms with Gasteiger partial charge in [-0.3, -0.25) is 0 Å². The average molecular weight is 279 g/mol. The normalized spacial score (nSPS) is 15.8. The molecule has 1 aromatic rings. The maximum Gasteiger partial charge on any atom is 0.0528 e. The third-order valence-electron chi connectivity index (χ3n) is 2.07. The summed E-state index contributed by atoms with van der Waals surface area (Å²) >= 11 is 11.4. The molecule has 0 aliphatic carbocycles. The molecule has 0 aromatic heterocycles. The second-order valence-corrected chi connectivity index (χ2v) is 5.40. The van der Waals surface area contributed by atoms with Crippen molar-refractivity contribution < 1.29 is 0 Å². The van der Waals surface area contributed by atoms with Gasteiger partial charge in [0.15, 0.2) is 0 Å². The molecule has 0 unspecified atom stereocenters. The molecule has 0 atom stereocenters. The van der Waals surface area contributed by atoms with E-state index in [-0.39, 0.29) is 0 Å². The number of benzene rings is 1. The van der Waals surface area contributed by atoms with Crippen molar-refractivity contribution in [1.82, 2.24) is 0 Å². The van der Waals surface area contributed by atoms with Crippen LogP contribution in [0.1, 0.15) is 0 Å². The highest BCUT2D eigenvalue weighted by Gasteiger charge is 2.17. The predicted octanol–water partition coefficient (Wildman–Crippen LogP) is 3.64. The Kier molecular flexibility index (Phi) is 2.77. The van der Waals surface area contributed by atoms with Crippen LogP contribution in [0.25, 0.3) is 0 Å². The Labute approximate surface area is 95.6 Å². The van der Waals surface area contributed by atoms with Crippen LogP contribution in [-0.4, -0.2) is 19.3 Å². The van der Waals surface area contributed by atoms with E-state index in [1.165, 1.54) is 10.6 Å². The Bertz CT molecular complexity index is 343. The van der Waals surface area contributed by atoms with Gasteiger partial charge < -0.3 is 4.90 Å². The van der Waals surface area contributed by atoms with Crippen molar-refractivity contribution in [2.24, 2.45) is 0 Å². The first-order valence-electron chi connectivity index (χ1n) is 4.01. The minimum absolute atomic E-state index is 0.792. The monoisotopic (exact) mass is 277 g/mol. The summed E-state index contributed by atoms with van der Waals surface area (Å²) in [5, 5.41) is 0.792. The Morgan fingerprint density at radius 1 is 1.54 bits per heavy atom. The zero-order chi connectivity index (χ0) is 9.42. The molecule has 13 heavy (non-hydrogen) atoms. The van der Waals surface area contributed by atoms with Crippen LogP contribution in [0.2, 0.25) is 5.02 Å². The summed E-state index contributed by atoms with van der Waals surface area (Å²) in [7, 11) is 2.10. The number of nitrogens with zero attached hydrogens (tertiary/aromatic N) is 1. The van der Waals surface area contributed by atoms with Gasteiger partial charge in [0.25, 0.3) is 0 Å². The first kappa shape index (κ1) is 9.69. The van der Waals surface area contributed by atoms with Gasteiger partial charge >= 0.3 is 0 Å². The van der Waals surface area contributed by atoms with Crippen LogP contribution in [0.15, 0.2) is 21.5 Å². The molecule has 2 rings (SSSR count). The van der Waals surface area contributed by atoms with Gasteiger partial charge in [-0.15, -0.1) is 11.8 Å². The lowest BCUT2D eigenvalue weighted by atomic mass is 10.3. The third-order valence-corrected chi connectivity index (χ3v) is 4.28. The molecular weight excluding hydrogens is 270 g/mol. The lowest BCUT2D eigenvalue weighted by Gasteiger charge is -2.27. The van der Waals surface area contributed by atoms with E-state index in [1.54, 1.807) is 0 Å². The number of hydrogen-bond donors (Lipinski definition) is 0. The molecule has 0 saturated carbocycles. The van der Waals surface area contributed by atoms with Crippen LogP contribution in [-0.2, 0) is 0 Å². The summed E-state index contributed by atoms with van der Waals surface area (Å²) in [5.74, 6) is 1.14. The number of anilines is 1. The summed E-state index contributed by atoms with van der Waals surface area (Å²) in [4.78, 5) is 3.54. The standard InChI is InChI=1S/C9H9BrClNS/c1-12-2-3-13-9-7(10)4-6(11)5-8(9)12/h4-5H,2-3H2,1H3. The Morgan fingerprint density at radius 2 is 2.31 bits per heavy atom. The molecule has 0 amide bonds. The molecular formula is C9H9BrClNS. The molecule has 0 fully saturated rings. The second-order valence-electron chi connectivity index (χ2n) is 3.01. The van der Waals surface area contributed by atoms with Gasteiger partial charge in [0.2, 0.25) is 0 Å². The van der Waals surface area contributed by atoms with E-state index in [1.807, 2.05) is 23.9 Å². The van der Waals surface area contributed by atoms with Crippen molar-refractivity contribution in [3.63, 3.8) is 0 Å². The SMILES string of the molecule is CN1CCSc2c(Br)cc(Cl)cc21. The van der Waals surface area contributed by atoms with Gasteiger partial charge in [0.05, 0.1) is 5.69 Å². The molecule has 1 heterocycles. The van der Waals surface area contributed by atoms with Gasteiger partial charge in [-0.05, 0) is 28.1 Å². The highest BCUT2D eigenvalue weighted by atomic mass is 79.9. The molecule has 0 spiro atoms. The summed E-state index contributed by atoms with van der Waals surface area (Å²) < 4.78 is 1.10. The van der Waals surface area contributed by atoms with E-state index >= 15 is 0 Å². The number of thioether (sulfide) groups is 1. The molecule has 1 aliphatic heterocycles. The van der Waals surface area contributed by atoms with E-state index in [9.17, 15) is 0 Å². The van der Waals surface area contributed by atoms with Crippen LogP contribution < -0.4 is 4.90 Å². The van der Waals surface area contributed by atoms with Crippen LogP contribution >= 0.6 is 39.3 Å². The predicted molar refractivity (Wildman–Crippen MR) is 63.1 cm³/mol. The van der Waals surface area contributed by atoms with Gasteiger partial charge in [-0.25, -0.2) is 0 Å². The summed E-state index contributed by atoms with van der Waals surface area (Å²) in [6.45, 7) is 1.09. The fourth-order valence-electron chi connectivity index (χ4n) is 1.38. The van der Waals surface area contributed by atoms with Crippen molar-refractivity contribution in [2.75, 3.05) is 24.2 Å². The molecule has 1 aliphatic rings. The topological polar surface area (TPSA) is 3.24 Å². The van der Waals surface area contributed by atoms with Crippen molar-refractivity contribution >= 4 is 45.0 Å². The van der Waals surface area contributed by atoms with E-state index in [2.05, 4.69) is 27.9 Å². The van der Waals surface area contributed by atoms with Crippen LogP contribution in [0.4, 0.5) is 5.69 Å². The zero-order valence-electron chi connectivity index (χ0n) is 7.18. The summed E-state index contributed by atoms with van der Waals surface area (Å²) in [5.41, 5.74) is 1.23. The van der Waals surface area contributed by atoms with Crippen molar-refractivity contribution in [3.8, 4) is 0 Å². The van der Waals surface area contributed by atoms with E-state index in [0.29, 0.717) is 0 Å². The lowest BCUT2D eigenvalue weighted by molar-refractivity contribution is 0.941. The van der Waals surface area contributed by atoms with Crippen LogP contribution in [0.5, 0.6) is 0 Å². The third kappa shape index (κ3) is 1.83. The van der Waals surface area contributed by atoms with Crippen molar-refractivity contribution in [3.05, 3.63) is 21.6 Å². The number of halogens is 2. The molecule has 1 aromatic carbocycles. The maximum absolute atomic E-state index is 5.98. The Hall–Kier alpha value is 0.140. The zero-order valence-corrected chi connectivity index (χ0v) is 10.3. The molecule has 0 radical (unpaired) electrons. The molecule has 4 heteroatoms. The molecule has 0 bridgehead atoms. The van der Waals surface area contributed by atoms with Crippen LogP contribution in [0, 0.1) is 0 Å². The first-order chi connectivity index (χ1) is 6.18. The molecule has 1 nitrogen and oxygen atoms in total. The Balaban J connectivity index is 2.56. The summed E-state index contributed by atoms with van der Waals surface area (Å²) in [6, 6.07) is 3.97. The first-order valence-corrected chi connectivity index (χ1v) is 6.17. The smallest absolute Gasteiger partial charge is 0.0528 e. The van der Waals surface area contributed by atoms with Gasteiger partial charge in [-0.1, -0.05) is 11.6 Å². The molecule has 0 saturated heterocycles. The molecule has 70 valence electrons. The van der Waals surface area contributed by atoms with E-state index in [4.69, 9.17) is 11.6 Å². The minimum atomic E-state index is 0.792.